The molecule has 0 bridgehead atoms. The lowest BCUT2D eigenvalue weighted by molar-refractivity contribution is -0.126. The first-order chi connectivity index (χ1) is 9.92. The Kier molecular flexibility index (Phi) is 3.64. The third-order valence-corrected chi connectivity index (χ3v) is 3.51. The standard InChI is InChI=1S/C10H14N5O5P/c11-8-7-10(13-3-12-7)15-9(14-8)5-1-2-6(20-5)19-4-21(16,17)18/h3,5-6H,1-2,4H2,(H2,16,17,18)(H3,11,12,13,14,15). The van der Waals surface area contributed by atoms with E-state index in [1.807, 2.05) is 0 Å². The van der Waals surface area contributed by atoms with Gasteiger partial charge in [0.2, 0.25) is 0 Å². The molecule has 1 fully saturated rings. The van der Waals surface area contributed by atoms with E-state index in [-0.39, 0.29) is 5.82 Å². The summed E-state index contributed by atoms with van der Waals surface area (Å²) in [7, 11) is -4.21. The molecule has 10 nitrogen and oxygen atoms in total. The van der Waals surface area contributed by atoms with Gasteiger partial charge in [0, 0.05) is 6.42 Å². The number of nitrogen functional groups attached to an aromatic ring is 1. The van der Waals surface area contributed by atoms with Crippen LogP contribution in [0.15, 0.2) is 6.33 Å². The molecule has 21 heavy (non-hydrogen) atoms. The largest absolute Gasteiger partial charge is 0.382 e. The van der Waals surface area contributed by atoms with Crippen LogP contribution in [0, 0.1) is 0 Å². The first-order valence-corrected chi connectivity index (χ1v) is 8.00. The van der Waals surface area contributed by atoms with Gasteiger partial charge in [-0.2, -0.15) is 0 Å². The van der Waals surface area contributed by atoms with Crippen LogP contribution in [0.2, 0.25) is 0 Å². The number of nitrogens with two attached hydrogens (primary N) is 1. The first-order valence-electron chi connectivity index (χ1n) is 6.20. The molecule has 5 N–H and O–H groups in total. The minimum absolute atomic E-state index is 0.274. The van der Waals surface area contributed by atoms with Crippen molar-refractivity contribution < 1.29 is 23.8 Å². The maximum Gasteiger partial charge on any atom is 0.351 e. The molecule has 11 heteroatoms. The molecule has 1 aliphatic rings. The molecule has 0 radical (unpaired) electrons. The number of imidazole rings is 1. The summed E-state index contributed by atoms with van der Waals surface area (Å²) in [6.45, 7) is 0. The number of fused-ring (bicyclic) bond motifs is 1. The van der Waals surface area contributed by atoms with Gasteiger partial charge in [-0.1, -0.05) is 0 Å². The summed E-state index contributed by atoms with van der Waals surface area (Å²) < 4.78 is 21.3. The van der Waals surface area contributed by atoms with Crippen LogP contribution in [-0.4, -0.2) is 42.4 Å². The van der Waals surface area contributed by atoms with Crippen molar-refractivity contribution in [3.63, 3.8) is 0 Å². The molecule has 0 aromatic carbocycles. The maximum atomic E-state index is 10.8. The van der Waals surface area contributed by atoms with E-state index in [4.69, 9.17) is 25.0 Å². The van der Waals surface area contributed by atoms with Crippen molar-refractivity contribution in [1.29, 1.82) is 0 Å². The lowest BCUT2D eigenvalue weighted by Gasteiger charge is -2.14. The molecule has 0 saturated carbocycles. The summed E-state index contributed by atoms with van der Waals surface area (Å²) in [5, 5.41) is 0. The molecule has 2 unspecified atom stereocenters. The van der Waals surface area contributed by atoms with Gasteiger partial charge in [0.25, 0.3) is 0 Å². The quantitative estimate of drug-likeness (QED) is 0.581. The molecule has 2 aromatic rings. The van der Waals surface area contributed by atoms with Gasteiger partial charge in [-0.3, -0.25) is 4.57 Å². The number of nitrogens with one attached hydrogen (secondary N) is 1. The van der Waals surface area contributed by atoms with Crippen LogP contribution >= 0.6 is 7.60 Å². The van der Waals surface area contributed by atoms with E-state index in [9.17, 15) is 4.57 Å². The molecule has 3 rings (SSSR count). The van der Waals surface area contributed by atoms with Gasteiger partial charge in [0.05, 0.1) is 6.33 Å². The van der Waals surface area contributed by atoms with Gasteiger partial charge in [-0.15, -0.1) is 0 Å². The minimum Gasteiger partial charge on any atom is -0.382 e. The molecule has 2 atom stereocenters. The van der Waals surface area contributed by atoms with Gasteiger partial charge in [-0.25, -0.2) is 15.0 Å². The Morgan fingerprint density at radius 3 is 3.05 bits per heavy atom. The average molecular weight is 315 g/mol. The topological polar surface area (TPSA) is 156 Å². The van der Waals surface area contributed by atoms with Gasteiger partial charge in [-0.05, 0) is 6.42 Å². The van der Waals surface area contributed by atoms with E-state index in [1.165, 1.54) is 6.33 Å². The minimum atomic E-state index is -4.21. The Morgan fingerprint density at radius 1 is 1.48 bits per heavy atom. The van der Waals surface area contributed by atoms with Crippen molar-refractivity contribution in [3.05, 3.63) is 12.2 Å². The van der Waals surface area contributed by atoms with E-state index in [0.717, 1.165) is 0 Å². The molecule has 0 spiro atoms. The second-order valence-electron chi connectivity index (χ2n) is 4.66. The lowest BCUT2D eigenvalue weighted by atomic mass is 10.2. The number of hydrogen-bond donors (Lipinski definition) is 4. The third-order valence-electron chi connectivity index (χ3n) is 3.03. The van der Waals surface area contributed by atoms with Crippen LogP contribution in [0.5, 0.6) is 0 Å². The van der Waals surface area contributed by atoms with Crippen LogP contribution in [0.3, 0.4) is 0 Å². The highest BCUT2D eigenvalue weighted by Gasteiger charge is 2.31. The fourth-order valence-electron chi connectivity index (χ4n) is 2.12. The Hall–Kier alpha value is -1.58. The molecule has 1 saturated heterocycles. The second kappa shape index (κ2) is 5.32. The first kappa shape index (κ1) is 14.4. The number of rotatable bonds is 4. The highest BCUT2D eigenvalue weighted by atomic mass is 31.2. The number of aromatic nitrogens is 4. The van der Waals surface area contributed by atoms with Crippen molar-refractivity contribution in [2.45, 2.75) is 25.2 Å². The van der Waals surface area contributed by atoms with Crippen molar-refractivity contribution in [3.8, 4) is 0 Å². The molecular formula is C10H14N5O5P. The number of anilines is 1. The zero-order chi connectivity index (χ0) is 15.0. The van der Waals surface area contributed by atoms with Crippen molar-refractivity contribution in [2.75, 3.05) is 12.1 Å². The van der Waals surface area contributed by atoms with E-state index in [1.54, 1.807) is 0 Å². The zero-order valence-corrected chi connectivity index (χ0v) is 11.7. The molecule has 2 aromatic heterocycles. The van der Waals surface area contributed by atoms with Crippen LogP contribution in [0.1, 0.15) is 24.8 Å². The number of H-pyrrole nitrogens is 1. The van der Waals surface area contributed by atoms with E-state index in [0.29, 0.717) is 29.8 Å². The van der Waals surface area contributed by atoms with Crippen LogP contribution in [-0.2, 0) is 14.0 Å². The molecule has 0 amide bonds. The normalized spacial score (nSPS) is 23.0. The van der Waals surface area contributed by atoms with E-state index in [2.05, 4.69) is 19.9 Å². The lowest BCUT2D eigenvalue weighted by Crippen LogP contribution is -2.14. The van der Waals surface area contributed by atoms with Crippen molar-refractivity contribution in [2.24, 2.45) is 0 Å². The monoisotopic (exact) mass is 315 g/mol. The molecule has 1 aliphatic heterocycles. The fourth-order valence-corrected chi connectivity index (χ4v) is 2.48. The van der Waals surface area contributed by atoms with Crippen molar-refractivity contribution >= 4 is 24.6 Å². The average Bonchev–Trinajstić information content (AvgIpc) is 3.04. The summed E-state index contributed by atoms with van der Waals surface area (Å²) in [5.41, 5.74) is 6.81. The molecule has 114 valence electrons. The summed E-state index contributed by atoms with van der Waals surface area (Å²) in [4.78, 5) is 32.8. The SMILES string of the molecule is Nc1nc(C2CCC(OCP(=O)(O)O)O2)nc2nc[nH]c12. The fraction of sp³-hybridized carbons (Fsp3) is 0.500. The van der Waals surface area contributed by atoms with E-state index >= 15 is 0 Å². The molecule has 0 aliphatic carbocycles. The third kappa shape index (κ3) is 3.20. The van der Waals surface area contributed by atoms with Gasteiger partial charge >= 0.3 is 7.60 Å². The van der Waals surface area contributed by atoms with Gasteiger partial charge in [0.15, 0.2) is 29.9 Å². The van der Waals surface area contributed by atoms with E-state index < -0.39 is 26.3 Å². The summed E-state index contributed by atoms with van der Waals surface area (Å²) in [6, 6.07) is 0. The van der Waals surface area contributed by atoms with Crippen LogP contribution in [0.4, 0.5) is 5.82 Å². The second-order valence-corrected chi connectivity index (χ2v) is 6.25. The molecular weight excluding hydrogens is 301 g/mol. The van der Waals surface area contributed by atoms with Gasteiger partial charge in [0.1, 0.15) is 11.6 Å². The zero-order valence-electron chi connectivity index (χ0n) is 10.8. The predicted octanol–water partition coefficient (Wildman–Crippen LogP) is 0.264. The van der Waals surface area contributed by atoms with Gasteiger partial charge < -0.3 is 30.0 Å². The maximum absolute atomic E-state index is 10.8. The summed E-state index contributed by atoms with van der Waals surface area (Å²) >= 11 is 0. The Labute approximate surface area is 118 Å². The Balaban J connectivity index is 1.71. The summed E-state index contributed by atoms with van der Waals surface area (Å²) in [6.07, 6.45) is 0.734. The Morgan fingerprint density at radius 2 is 2.29 bits per heavy atom. The van der Waals surface area contributed by atoms with Crippen LogP contribution in [0.25, 0.3) is 11.2 Å². The number of hydrogen-bond acceptors (Lipinski definition) is 7. The predicted molar refractivity (Wildman–Crippen MR) is 70.9 cm³/mol. The highest BCUT2D eigenvalue weighted by molar-refractivity contribution is 7.51. The summed E-state index contributed by atoms with van der Waals surface area (Å²) in [5.74, 6) is 0.657. The smallest absolute Gasteiger partial charge is 0.351 e. The number of aromatic amines is 1. The van der Waals surface area contributed by atoms with Crippen LogP contribution < -0.4 is 5.73 Å². The highest BCUT2D eigenvalue weighted by Crippen LogP contribution is 2.38. The number of nitrogens with zero attached hydrogens (tertiary/aromatic N) is 3. The number of ether oxygens (including phenoxy) is 2. The van der Waals surface area contributed by atoms with Crippen molar-refractivity contribution in [1.82, 2.24) is 19.9 Å². The Bertz CT molecular complexity index is 700. The molecule has 3 heterocycles.